The molecule has 0 aliphatic heterocycles. The Balaban J connectivity index is 2.83. The van der Waals surface area contributed by atoms with Crippen molar-refractivity contribution in [2.75, 3.05) is 5.88 Å². The highest BCUT2D eigenvalue weighted by molar-refractivity contribution is 6.25. The monoisotopic (exact) mass is 138 g/mol. The lowest BCUT2D eigenvalue weighted by Crippen LogP contribution is -1.96. The smallest absolute Gasteiger partial charge is 0.103 e. The topological polar surface area (TPSA) is 0 Å². The first-order valence-corrected chi connectivity index (χ1v) is 3.48. The minimum atomic E-state index is 0.289. The van der Waals surface area contributed by atoms with Gasteiger partial charge in [0.05, 0.1) is 0 Å². The lowest BCUT2D eigenvalue weighted by molar-refractivity contribution is 0.900. The second-order valence-corrected chi connectivity index (χ2v) is 2.48. The fourth-order valence-electron chi connectivity index (χ4n) is 0.323. The van der Waals surface area contributed by atoms with Crippen molar-refractivity contribution in [3.05, 3.63) is 0 Å². The van der Waals surface area contributed by atoms with Gasteiger partial charge in [-0.05, 0) is 6.42 Å². The van der Waals surface area contributed by atoms with Gasteiger partial charge in [-0.2, -0.15) is 0 Å². The van der Waals surface area contributed by atoms with Gasteiger partial charge in [0.15, 0.2) is 0 Å². The number of hydrogen-bond donors (Lipinski definition) is 0. The van der Waals surface area contributed by atoms with Crippen molar-refractivity contribution >= 4 is 31.0 Å². The molecule has 1 atom stereocenters. The van der Waals surface area contributed by atoms with Gasteiger partial charge >= 0.3 is 0 Å². The average Bonchev–Trinajstić information content (AvgIpc) is 1.68. The van der Waals surface area contributed by atoms with E-state index in [1.54, 1.807) is 0 Å². The molecule has 42 valence electrons. The fraction of sp³-hybridized carbons (Fsp3) is 1.00. The van der Waals surface area contributed by atoms with Crippen molar-refractivity contribution < 1.29 is 0 Å². The second-order valence-electron chi connectivity index (χ2n) is 1.48. The summed E-state index contributed by atoms with van der Waals surface area (Å²) in [7, 11) is 2.06. The lowest BCUT2D eigenvalue weighted by Gasteiger charge is -1.98. The third-order valence-electron chi connectivity index (χ3n) is 0.865. The first-order chi connectivity index (χ1) is 3.31. The maximum absolute atomic E-state index is 5.68. The Hall–Kier alpha value is 0.645. The van der Waals surface area contributed by atoms with E-state index >= 15 is 0 Å². The van der Waals surface area contributed by atoms with E-state index in [0.717, 1.165) is 12.7 Å². The maximum atomic E-state index is 5.68. The van der Waals surface area contributed by atoms with E-state index in [4.69, 9.17) is 23.2 Å². The van der Waals surface area contributed by atoms with Gasteiger partial charge in [-0.1, -0.05) is 6.32 Å². The van der Waals surface area contributed by atoms with Gasteiger partial charge in [-0.25, -0.2) is 0 Å². The molecule has 0 fully saturated rings. The van der Waals surface area contributed by atoms with Crippen molar-refractivity contribution in [3.8, 4) is 0 Å². The highest BCUT2D eigenvalue weighted by Gasteiger charge is 1.96. The summed E-state index contributed by atoms with van der Waals surface area (Å²) in [5, 5.41) is 0.289. The molecule has 0 nitrogen and oxygen atoms in total. The third kappa shape index (κ3) is 4.50. The molecule has 0 bridgehead atoms. The van der Waals surface area contributed by atoms with Crippen LogP contribution in [0.15, 0.2) is 0 Å². The van der Waals surface area contributed by atoms with Crippen molar-refractivity contribution in [1.82, 2.24) is 0 Å². The molecule has 0 rings (SSSR count). The predicted octanol–water partition coefficient (Wildman–Crippen LogP) is 1.27. The van der Waals surface area contributed by atoms with Gasteiger partial charge in [-0.15, -0.1) is 23.2 Å². The molecule has 0 aromatic rings. The highest BCUT2D eigenvalue weighted by atomic mass is 35.5. The molecule has 0 saturated carbocycles. The summed E-state index contributed by atoms with van der Waals surface area (Å²) < 4.78 is 0. The Labute approximate surface area is 55.6 Å². The number of alkyl halides is 2. The molecule has 0 aliphatic rings. The first kappa shape index (κ1) is 7.64. The SMILES string of the molecule is BCC(Cl)CCCl. The Morgan fingerprint density at radius 2 is 2.14 bits per heavy atom. The first-order valence-electron chi connectivity index (χ1n) is 2.51. The molecular weight excluding hydrogens is 130 g/mol. The van der Waals surface area contributed by atoms with Gasteiger partial charge in [-0.3, -0.25) is 0 Å². The van der Waals surface area contributed by atoms with E-state index in [1.165, 1.54) is 0 Å². The second kappa shape index (κ2) is 4.80. The molecule has 0 spiro atoms. The molecule has 0 saturated heterocycles. The molecule has 3 heteroatoms. The minimum Gasteiger partial charge on any atom is -0.127 e. The van der Waals surface area contributed by atoms with Crippen LogP contribution in [-0.2, 0) is 0 Å². The largest absolute Gasteiger partial charge is 0.127 e. The quantitative estimate of drug-likeness (QED) is 0.407. The van der Waals surface area contributed by atoms with Crippen molar-refractivity contribution in [1.29, 1.82) is 0 Å². The Morgan fingerprint density at radius 1 is 1.57 bits per heavy atom. The number of halogens is 2. The number of rotatable bonds is 3. The van der Waals surface area contributed by atoms with Crippen molar-refractivity contribution in [3.63, 3.8) is 0 Å². The van der Waals surface area contributed by atoms with Crippen LogP contribution in [0.2, 0.25) is 6.32 Å². The molecule has 0 N–H and O–H groups in total. The van der Waals surface area contributed by atoms with Gasteiger partial charge in [0, 0.05) is 11.3 Å². The molecule has 0 aromatic carbocycles. The van der Waals surface area contributed by atoms with E-state index in [2.05, 4.69) is 7.85 Å². The Bertz CT molecular complexity index is 40.7. The van der Waals surface area contributed by atoms with Crippen LogP contribution in [-0.4, -0.2) is 19.1 Å². The zero-order chi connectivity index (χ0) is 5.70. The molecule has 1 unspecified atom stereocenters. The van der Waals surface area contributed by atoms with Gasteiger partial charge in [0.25, 0.3) is 0 Å². The van der Waals surface area contributed by atoms with E-state index in [1.807, 2.05) is 0 Å². The van der Waals surface area contributed by atoms with Crippen LogP contribution in [0.25, 0.3) is 0 Å². The van der Waals surface area contributed by atoms with Crippen LogP contribution >= 0.6 is 23.2 Å². The van der Waals surface area contributed by atoms with E-state index in [9.17, 15) is 0 Å². The van der Waals surface area contributed by atoms with Crippen LogP contribution in [0.3, 0.4) is 0 Å². The number of hydrogen-bond acceptors (Lipinski definition) is 0. The highest BCUT2D eigenvalue weighted by Crippen LogP contribution is 2.05. The summed E-state index contributed by atoms with van der Waals surface area (Å²) in [5.74, 6) is 0.683. The summed E-state index contributed by atoms with van der Waals surface area (Å²) in [4.78, 5) is 0. The summed E-state index contributed by atoms with van der Waals surface area (Å²) in [6, 6.07) is 0. The van der Waals surface area contributed by atoms with Crippen LogP contribution in [0, 0.1) is 0 Å². The van der Waals surface area contributed by atoms with E-state index < -0.39 is 0 Å². The Kier molecular flexibility index (Phi) is 5.24. The summed E-state index contributed by atoms with van der Waals surface area (Å²) in [6.07, 6.45) is 1.95. The standard InChI is InChI=1S/C4H9BCl2/c5-3-4(7)1-2-6/h4H,1-3,5H2. The normalized spacial score (nSPS) is 14.0. The van der Waals surface area contributed by atoms with E-state index in [0.29, 0.717) is 5.88 Å². The molecular formula is C4H9BCl2. The third-order valence-corrected chi connectivity index (χ3v) is 1.61. The molecule has 0 aliphatic carbocycles. The lowest BCUT2D eigenvalue weighted by atomic mass is 10.0. The van der Waals surface area contributed by atoms with Crippen LogP contribution in [0.5, 0.6) is 0 Å². The summed E-state index contributed by atoms with van der Waals surface area (Å²) in [5.41, 5.74) is 0. The van der Waals surface area contributed by atoms with Crippen LogP contribution in [0.4, 0.5) is 0 Å². The summed E-state index contributed by atoms with van der Waals surface area (Å²) >= 11 is 11.1. The van der Waals surface area contributed by atoms with Crippen molar-refractivity contribution in [2.24, 2.45) is 0 Å². The summed E-state index contributed by atoms with van der Waals surface area (Å²) in [6.45, 7) is 0. The van der Waals surface area contributed by atoms with Crippen molar-refractivity contribution in [2.45, 2.75) is 18.1 Å². The van der Waals surface area contributed by atoms with Gasteiger partial charge in [0.1, 0.15) is 7.85 Å². The fourth-order valence-corrected chi connectivity index (χ4v) is 0.807. The molecule has 0 aromatic heterocycles. The zero-order valence-electron chi connectivity index (χ0n) is 4.45. The predicted molar refractivity (Wildman–Crippen MR) is 38.3 cm³/mol. The molecule has 7 heavy (non-hydrogen) atoms. The minimum absolute atomic E-state index is 0.289. The Morgan fingerprint density at radius 3 is 2.29 bits per heavy atom. The zero-order valence-corrected chi connectivity index (χ0v) is 5.97. The van der Waals surface area contributed by atoms with Gasteiger partial charge in [0.2, 0.25) is 0 Å². The van der Waals surface area contributed by atoms with Crippen LogP contribution in [0.1, 0.15) is 6.42 Å². The average molecular weight is 139 g/mol. The van der Waals surface area contributed by atoms with Crippen LogP contribution < -0.4 is 0 Å². The molecule has 0 amide bonds. The molecule has 0 heterocycles. The van der Waals surface area contributed by atoms with E-state index in [-0.39, 0.29) is 5.38 Å². The van der Waals surface area contributed by atoms with Gasteiger partial charge < -0.3 is 0 Å². The maximum Gasteiger partial charge on any atom is 0.103 e. The molecule has 0 radical (unpaired) electrons.